The number of nitrogens with zero attached hydrogens (tertiary/aromatic N) is 4. The van der Waals surface area contributed by atoms with Crippen LogP contribution in [0.3, 0.4) is 0 Å². The lowest BCUT2D eigenvalue weighted by molar-refractivity contribution is 0.0448. The topological polar surface area (TPSA) is 71.2 Å². The van der Waals surface area contributed by atoms with Crippen LogP contribution in [0.2, 0.25) is 0 Å². The summed E-state index contributed by atoms with van der Waals surface area (Å²) in [4.78, 5) is 13.3. The third kappa shape index (κ3) is 2.63. The molecule has 0 amide bonds. The molecule has 1 aliphatic heterocycles. The van der Waals surface area contributed by atoms with Crippen LogP contribution in [-0.2, 0) is 0 Å². The summed E-state index contributed by atoms with van der Waals surface area (Å²) in [6, 6.07) is 1.02. The van der Waals surface area contributed by atoms with Crippen molar-refractivity contribution in [3.8, 4) is 0 Å². The van der Waals surface area contributed by atoms with Crippen LogP contribution in [0.15, 0.2) is 6.20 Å². The molecule has 1 saturated carbocycles. The highest BCUT2D eigenvalue weighted by Gasteiger charge is 2.34. The highest BCUT2D eigenvalue weighted by atomic mass is 16.4. The van der Waals surface area contributed by atoms with E-state index in [0.29, 0.717) is 6.04 Å². The molecule has 6 heteroatoms. The van der Waals surface area contributed by atoms with Crippen LogP contribution < -0.4 is 0 Å². The highest BCUT2D eigenvalue weighted by molar-refractivity contribution is 5.84. The monoisotopic (exact) mass is 264 g/mol. The molecule has 0 spiro atoms. The summed E-state index contributed by atoms with van der Waals surface area (Å²) in [5, 5.41) is 16.4. The third-order valence-corrected chi connectivity index (χ3v) is 4.34. The molecule has 1 aliphatic carbocycles. The zero-order chi connectivity index (χ0) is 13.2. The molecule has 2 heterocycles. The average Bonchev–Trinajstić information content (AvgIpc) is 2.65. The normalized spacial score (nSPS) is 22.9. The first kappa shape index (κ1) is 12.6. The number of carboxylic acids is 1. The number of aromatic carboxylic acids is 1. The highest BCUT2D eigenvalue weighted by Crippen LogP contribution is 2.29. The molecular formula is C13H20N4O2. The maximum Gasteiger partial charge on any atom is 0.358 e. The smallest absolute Gasteiger partial charge is 0.358 e. The van der Waals surface area contributed by atoms with Crippen LogP contribution in [0, 0.1) is 0 Å². The SMILES string of the molecule is O=C(O)c1cn(C2CN(C3CCCCCC3)C2)nn1. The molecule has 0 unspecified atom stereocenters. The van der Waals surface area contributed by atoms with Crippen molar-refractivity contribution in [2.45, 2.75) is 50.6 Å². The van der Waals surface area contributed by atoms with Gasteiger partial charge in [0.25, 0.3) is 0 Å². The first-order chi connectivity index (χ1) is 9.24. The molecule has 0 aromatic carbocycles. The van der Waals surface area contributed by atoms with Gasteiger partial charge in [0.2, 0.25) is 0 Å². The number of likely N-dealkylation sites (tertiary alicyclic amines) is 1. The summed E-state index contributed by atoms with van der Waals surface area (Å²) in [6.45, 7) is 1.96. The Morgan fingerprint density at radius 2 is 1.84 bits per heavy atom. The molecule has 2 aliphatic rings. The first-order valence-electron chi connectivity index (χ1n) is 7.13. The van der Waals surface area contributed by atoms with Gasteiger partial charge in [-0.2, -0.15) is 0 Å². The Labute approximate surface area is 112 Å². The predicted molar refractivity (Wildman–Crippen MR) is 69.1 cm³/mol. The van der Waals surface area contributed by atoms with E-state index in [2.05, 4.69) is 15.2 Å². The minimum atomic E-state index is -1.01. The molecule has 0 atom stereocenters. The van der Waals surface area contributed by atoms with E-state index < -0.39 is 5.97 Å². The van der Waals surface area contributed by atoms with Gasteiger partial charge in [-0.3, -0.25) is 4.90 Å². The van der Waals surface area contributed by atoms with Gasteiger partial charge in [-0.1, -0.05) is 30.9 Å². The van der Waals surface area contributed by atoms with E-state index >= 15 is 0 Å². The van der Waals surface area contributed by atoms with Gasteiger partial charge >= 0.3 is 5.97 Å². The minimum absolute atomic E-state index is 0.0351. The van der Waals surface area contributed by atoms with Crippen LogP contribution in [-0.4, -0.2) is 50.1 Å². The van der Waals surface area contributed by atoms with Gasteiger partial charge < -0.3 is 5.11 Å². The molecular weight excluding hydrogens is 244 g/mol. The Balaban J connectivity index is 1.55. The van der Waals surface area contributed by atoms with Crippen molar-refractivity contribution in [3.05, 3.63) is 11.9 Å². The van der Waals surface area contributed by atoms with E-state index in [4.69, 9.17) is 5.11 Å². The standard InChI is InChI=1S/C13H20N4O2/c18-13(19)12-9-17(15-14-12)11-7-16(8-11)10-5-3-1-2-4-6-10/h9-11H,1-8H2,(H,18,19). The fraction of sp³-hybridized carbons (Fsp3) is 0.769. The van der Waals surface area contributed by atoms with Gasteiger partial charge in [0.15, 0.2) is 5.69 Å². The van der Waals surface area contributed by atoms with Crippen molar-refractivity contribution in [2.24, 2.45) is 0 Å². The number of rotatable bonds is 3. The molecule has 2 fully saturated rings. The lowest BCUT2D eigenvalue weighted by atomic mass is 10.00. The van der Waals surface area contributed by atoms with Crippen LogP contribution >= 0.6 is 0 Å². The van der Waals surface area contributed by atoms with Gasteiger partial charge in [0.1, 0.15) is 0 Å². The molecule has 3 rings (SSSR count). The number of carbonyl (C=O) groups is 1. The fourth-order valence-corrected chi connectivity index (χ4v) is 3.13. The van der Waals surface area contributed by atoms with E-state index in [9.17, 15) is 4.79 Å². The zero-order valence-electron chi connectivity index (χ0n) is 11.0. The molecule has 1 aromatic rings. The van der Waals surface area contributed by atoms with Gasteiger partial charge in [-0.05, 0) is 12.8 Å². The summed E-state index contributed by atoms with van der Waals surface area (Å²) >= 11 is 0. The quantitative estimate of drug-likeness (QED) is 0.839. The Bertz CT molecular complexity index is 445. The Hall–Kier alpha value is -1.43. The van der Waals surface area contributed by atoms with E-state index in [-0.39, 0.29) is 5.69 Å². The fourth-order valence-electron chi connectivity index (χ4n) is 3.13. The van der Waals surface area contributed by atoms with Crippen LogP contribution in [0.4, 0.5) is 0 Å². The molecule has 6 nitrogen and oxygen atoms in total. The van der Waals surface area contributed by atoms with Crippen molar-refractivity contribution < 1.29 is 9.90 Å². The van der Waals surface area contributed by atoms with E-state index in [0.717, 1.165) is 19.1 Å². The van der Waals surface area contributed by atoms with Crippen molar-refractivity contribution in [3.63, 3.8) is 0 Å². The Morgan fingerprint density at radius 1 is 1.16 bits per heavy atom. The van der Waals surface area contributed by atoms with Crippen molar-refractivity contribution in [1.82, 2.24) is 19.9 Å². The Morgan fingerprint density at radius 3 is 2.42 bits per heavy atom. The second-order valence-corrected chi connectivity index (χ2v) is 5.64. The second kappa shape index (κ2) is 5.28. The van der Waals surface area contributed by atoms with E-state index in [1.54, 1.807) is 4.68 Å². The van der Waals surface area contributed by atoms with Gasteiger partial charge in [-0.15, -0.1) is 5.10 Å². The molecule has 0 radical (unpaired) electrons. The number of hydrogen-bond acceptors (Lipinski definition) is 4. The van der Waals surface area contributed by atoms with E-state index in [1.807, 2.05) is 0 Å². The van der Waals surface area contributed by atoms with Crippen molar-refractivity contribution >= 4 is 5.97 Å². The van der Waals surface area contributed by atoms with Crippen molar-refractivity contribution in [2.75, 3.05) is 13.1 Å². The first-order valence-corrected chi connectivity index (χ1v) is 7.13. The van der Waals surface area contributed by atoms with Gasteiger partial charge in [-0.25, -0.2) is 9.48 Å². The lowest BCUT2D eigenvalue weighted by Crippen LogP contribution is -2.52. The van der Waals surface area contributed by atoms with Crippen LogP contribution in [0.5, 0.6) is 0 Å². The molecule has 1 saturated heterocycles. The lowest BCUT2D eigenvalue weighted by Gasteiger charge is -2.44. The molecule has 0 bridgehead atoms. The molecule has 1 N–H and O–H groups in total. The minimum Gasteiger partial charge on any atom is -0.476 e. The summed E-state index contributed by atoms with van der Waals surface area (Å²) in [5.74, 6) is -1.01. The second-order valence-electron chi connectivity index (χ2n) is 5.64. The largest absolute Gasteiger partial charge is 0.476 e. The average molecular weight is 264 g/mol. The Kier molecular flexibility index (Phi) is 3.50. The number of carboxylic acid groups (broad SMARTS) is 1. The van der Waals surface area contributed by atoms with E-state index in [1.165, 1.54) is 44.7 Å². The molecule has 1 aromatic heterocycles. The predicted octanol–water partition coefficient (Wildman–Crippen LogP) is 1.56. The summed E-state index contributed by atoms with van der Waals surface area (Å²) in [6.07, 6.45) is 9.60. The van der Waals surface area contributed by atoms with Crippen LogP contribution in [0.1, 0.15) is 55.1 Å². The maximum absolute atomic E-state index is 10.8. The van der Waals surface area contributed by atoms with Crippen molar-refractivity contribution in [1.29, 1.82) is 0 Å². The van der Waals surface area contributed by atoms with Crippen LogP contribution in [0.25, 0.3) is 0 Å². The molecule has 19 heavy (non-hydrogen) atoms. The van der Waals surface area contributed by atoms with Gasteiger partial charge in [0.05, 0.1) is 12.2 Å². The summed E-state index contributed by atoms with van der Waals surface area (Å²) in [7, 11) is 0. The maximum atomic E-state index is 10.8. The third-order valence-electron chi connectivity index (χ3n) is 4.34. The summed E-state index contributed by atoms with van der Waals surface area (Å²) < 4.78 is 1.71. The number of aromatic nitrogens is 3. The van der Waals surface area contributed by atoms with Gasteiger partial charge in [0, 0.05) is 19.1 Å². The molecule has 104 valence electrons. The zero-order valence-corrected chi connectivity index (χ0v) is 11.0. The number of hydrogen-bond donors (Lipinski definition) is 1. The summed E-state index contributed by atoms with van der Waals surface area (Å²) in [5.41, 5.74) is 0.0351.